The molecule has 0 heterocycles. The van der Waals surface area contributed by atoms with Gasteiger partial charge in [0.15, 0.2) is 0 Å². The van der Waals surface area contributed by atoms with Gasteiger partial charge in [-0.2, -0.15) is 0 Å². The molecule has 2 unspecified atom stereocenters. The SMILES string of the molecule is C#CC(CC)NCC(NC(C)=O)C(=O)O. The van der Waals surface area contributed by atoms with Crippen LogP contribution >= 0.6 is 0 Å². The van der Waals surface area contributed by atoms with Gasteiger partial charge in [0.25, 0.3) is 0 Å². The first kappa shape index (κ1) is 13.5. The lowest BCUT2D eigenvalue weighted by molar-refractivity contribution is -0.141. The Morgan fingerprint density at radius 3 is 2.47 bits per heavy atom. The number of carboxylic acid groups (broad SMARTS) is 1. The van der Waals surface area contributed by atoms with Gasteiger partial charge in [0.2, 0.25) is 5.91 Å². The largest absolute Gasteiger partial charge is 0.480 e. The van der Waals surface area contributed by atoms with E-state index in [-0.39, 0.29) is 18.5 Å². The quantitative estimate of drug-likeness (QED) is 0.522. The number of hydrogen-bond acceptors (Lipinski definition) is 3. The second kappa shape index (κ2) is 6.85. The molecule has 0 spiro atoms. The molecule has 0 aromatic heterocycles. The summed E-state index contributed by atoms with van der Waals surface area (Å²) in [5.74, 6) is 1.03. The number of hydrogen-bond donors (Lipinski definition) is 3. The molecule has 0 saturated heterocycles. The highest BCUT2D eigenvalue weighted by molar-refractivity contribution is 5.82. The van der Waals surface area contributed by atoms with Crippen LogP contribution in [0.5, 0.6) is 0 Å². The van der Waals surface area contributed by atoms with Crippen LogP contribution in [0.4, 0.5) is 0 Å². The number of carbonyl (C=O) groups excluding carboxylic acids is 1. The molecule has 0 aromatic rings. The maximum Gasteiger partial charge on any atom is 0.327 e. The summed E-state index contributed by atoms with van der Waals surface area (Å²) in [6.45, 7) is 3.29. The van der Waals surface area contributed by atoms with E-state index >= 15 is 0 Å². The first-order chi connectivity index (χ1) is 7.01. The van der Waals surface area contributed by atoms with Crippen LogP contribution in [-0.4, -0.2) is 35.6 Å². The van der Waals surface area contributed by atoms with Gasteiger partial charge in [-0.15, -0.1) is 6.42 Å². The van der Waals surface area contributed by atoms with Gasteiger partial charge >= 0.3 is 5.97 Å². The number of rotatable bonds is 6. The molecule has 15 heavy (non-hydrogen) atoms. The zero-order chi connectivity index (χ0) is 11.8. The van der Waals surface area contributed by atoms with Gasteiger partial charge in [-0.05, 0) is 6.42 Å². The molecular formula is C10H16N2O3. The second-order valence-electron chi connectivity index (χ2n) is 3.13. The molecule has 0 aliphatic rings. The first-order valence-electron chi connectivity index (χ1n) is 4.70. The first-order valence-corrected chi connectivity index (χ1v) is 4.70. The third-order valence-corrected chi connectivity index (χ3v) is 1.85. The minimum absolute atomic E-state index is 0.123. The lowest BCUT2D eigenvalue weighted by atomic mass is 10.2. The van der Waals surface area contributed by atoms with Crippen molar-refractivity contribution in [2.24, 2.45) is 0 Å². The Labute approximate surface area is 89.2 Å². The van der Waals surface area contributed by atoms with Crippen LogP contribution in [0.3, 0.4) is 0 Å². The van der Waals surface area contributed by atoms with Crippen molar-refractivity contribution in [3.63, 3.8) is 0 Å². The molecule has 5 heteroatoms. The van der Waals surface area contributed by atoms with Crippen LogP contribution in [0.1, 0.15) is 20.3 Å². The summed E-state index contributed by atoms with van der Waals surface area (Å²) < 4.78 is 0. The van der Waals surface area contributed by atoms with E-state index < -0.39 is 12.0 Å². The number of terminal acetylenes is 1. The fourth-order valence-electron chi connectivity index (χ4n) is 1.03. The Morgan fingerprint density at radius 1 is 1.53 bits per heavy atom. The highest BCUT2D eigenvalue weighted by atomic mass is 16.4. The van der Waals surface area contributed by atoms with Crippen molar-refractivity contribution in [2.75, 3.05) is 6.54 Å². The molecular weight excluding hydrogens is 196 g/mol. The monoisotopic (exact) mass is 212 g/mol. The van der Waals surface area contributed by atoms with Gasteiger partial charge in [0, 0.05) is 13.5 Å². The summed E-state index contributed by atoms with van der Waals surface area (Å²) in [5.41, 5.74) is 0. The van der Waals surface area contributed by atoms with Crippen LogP contribution in [0.2, 0.25) is 0 Å². The van der Waals surface area contributed by atoms with Gasteiger partial charge in [-0.25, -0.2) is 4.79 Å². The second-order valence-corrected chi connectivity index (χ2v) is 3.13. The molecule has 0 rings (SSSR count). The van der Waals surface area contributed by atoms with Gasteiger partial charge in [-0.1, -0.05) is 12.8 Å². The Hall–Kier alpha value is -1.54. The molecule has 84 valence electrons. The van der Waals surface area contributed by atoms with Gasteiger partial charge in [-0.3, -0.25) is 4.79 Å². The van der Waals surface area contributed by atoms with Crippen molar-refractivity contribution < 1.29 is 14.7 Å². The van der Waals surface area contributed by atoms with Gasteiger partial charge in [0.05, 0.1) is 6.04 Å². The maximum absolute atomic E-state index is 10.7. The average molecular weight is 212 g/mol. The minimum atomic E-state index is -1.08. The third kappa shape index (κ3) is 5.70. The number of aliphatic carboxylic acids is 1. The minimum Gasteiger partial charge on any atom is -0.480 e. The molecule has 0 aromatic carbocycles. The third-order valence-electron chi connectivity index (χ3n) is 1.85. The van der Waals surface area contributed by atoms with Gasteiger partial charge in [0.1, 0.15) is 6.04 Å². The Bertz CT molecular complexity index is 270. The topological polar surface area (TPSA) is 78.4 Å². The molecule has 0 aliphatic heterocycles. The maximum atomic E-state index is 10.7. The smallest absolute Gasteiger partial charge is 0.327 e. The van der Waals surface area contributed by atoms with Crippen molar-refractivity contribution in [3.8, 4) is 12.3 Å². The molecule has 5 nitrogen and oxygen atoms in total. The molecule has 0 aliphatic carbocycles. The van der Waals surface area contributed by atoms with Crippen molar-refractivity contribution in [3.05, 3.63) is 0 Å². The molecule has 3 N–H and O–H groups in total. The molecule has 0 fully saturated rings. The van der Waals surface area contributed by atoms with E-state index in [2.05, 4.69) is 16.6 Å². The molecule has 0 bridgehead atoms. The Morgan fingerprint density at radius 2 is 2.13 bits per heavy atom. The number of carbonyl (C=O) groups is 2. The average Bonchev–Trinajstić information content (AvgIpc) is 2.16. The molecule has 1 amide bonds. The summed E-state index contributed by atoms with van der Waals surface area (Å²) in [7, 11) is 0. The van der Waals surface area contributed by atoms with E-state index in [0.29, 0.717) is 6.42 Å². The van der Waals surface area contributed by atoms with E-state index in [1.54, 1.807) is 0 Å². The number of amides is 1. The molecule has 0 saturated carbocycles. The fraction of sp³-hybridized carbons (Fsp3) is 0.600. The van der Waals surface area contributed by atoms with E-state index in [1.165, 1.54) is 6.92 Å². The van der Waals surface area contributed by atoms with Crippen molar-refractivity contribution in [2.45, 2.75) is 32.4 Å². The van der Waals surface area contributed by atoms with Crippen LogP contribution < -0.4 is 10.6 Å². The van der Waals surface area contributed by atoms with Crippen molar-refractivity contribution in [1.82, 2.24) is 10.6 Å². The lowest BCUT2D eigenvalue weighted by Gasteiger charge is -2.16. The van der Waals surface area contributed by atoms with Crippen LogP contribution in [0, 0.1) is 12.3 Å². The van der Waals surface area contributed by atoms with E-state index in [0.717, 1.165) is 0 Å². The summed E-state index contributed by atoms with van der Waals surface area (Å²) in [5, 5.41) is 14.0. The highest BCUT2D eigenvalue weighted by Crippen LogP contribution is 1.90. The molecule has 2 atom stereocenters. The molecule has 0 radical (unpaired) electrons. The fourth-order valence-corrected chi connectivity index (χ4v) is 1.03. The Balaban J connectivity index is 4.13. The summed E-state index contributed by atoms with van der Waals surface area (Å²) in [6, 6.07) is -1.11. The number of nitrogens with one attached hydrogen (secondary N) is 2. The normalized spacial score (nSPS) is 13.7. The zero-order valence-electron chi connectivity index (χ0n) is 8.91. The van der Waals surface area contributed by atoms with Crippen molar-refractivity contribution >= 4 is 11.9 Å². The van der Waals surface area contributed by atoms with Crippen LogP contribution in [0.15, 0.2) is 0 Å². The van der Waals surface area contributed by atoms with Crippen LogP contribution in [0.25, 0.3) is 0 Å². The summed E-state index contributed by atoms with van der Waals surface area (Å²) >= 11 is 0. The predicted molar refractivity (Wildman–Crippen MR) is 56.2 cm³/mol. The Kier molecular flexibility index (Phi) is 6.14. The van der Waals surface area contributed by atoms with Crippen LogP contribution in [-0.2, 0) is 9.59 Å². The zero-order valence-corrected chi connectivity index (χ0v) is 8.91. The van der Waals surface area contributed by atoms with Gasteiger partial charge < -0.3 is 15.7 Å². The highest BCUT2D eigenvalue weighted by Gasteiger charge is 2.18. The summed E-state index contributed by atoms with van der Waals surface area (Å²) in [6.07, 6.45) is 5.91. The summed E-state index contributed by atoms with van der Waals surface area (Å²) in [4.78, 5) is 21.4. The van der Waals surface area contributed by atoms with E-state index in [9.17, 15) is 9.59 Å². The van der Waals surface area contributed by atoms with E-state index in [1.807, 2.05) is 6.92 Å². The predicted octanol–water partition coefficient (Wildman–Crippen LogP) is -0.423. The van der Waals surface area contributed by atoms with Crippen molar-refractivity contribution in [1.29, 1.82) is 0 Å². The number of carboxylic acids is 1. The lowest BCUT2D eigenvalue weighted by Crippen LogP contribution is -2.48. The standard InChI is InChI=1S/C10H16N2O3/c1-4-8(5-2)11-6-9(10(14)15)12-7(3)13/h1,8-9,11H,5-6H2,2-3H3,(H,12,13)(H,14,15). The van der Waals surface area contributed by atoms with E-state index in [4.69, 9.17) is 11.5 Å².